The minimum atomic E-state index is -1.70. The molecule has 2 aromatic carbocycles. The molecule has 116 valence electrons. The normalized spacial score (nSPS) is 12.5. The first-order valence-electron chi connectivity index (χ1n) is 6.62. The Hall–Kier alpha value is -1.42. The van der Waals surface area contributed by atoms with E-state index >= 15 is 0 Å². The highest BCUT2D eigenvalue weighted by Crippen LogP contribution is 2.31. The molecule has 2 rings (SSSR count). The number of halogens is 3. The van der Waals surface area contributed by atoms with Crippen LogP contribution < -0.4 is 10.6 Å². The third-order valence-corrected chi connectivity index (χ3v) is 3.62. The Morgan fingerprint density at radius 2 is 1.73 bits per heavy atom. The first-order valence-corrected chi connectivity index (χ1v) is 7.75. The number of amides is 1. The fourth-order valence-corrected chi connectivity index (χ4v) is 2.23. The van der Waals surface area contributed by atoms with Gasteiger partial charge in [0.05, 0.1) is 0 Å². The van der Waals surface area contributed by atoms with E-state index in [-0.39, 0.29) is 5.91 Å². The maximum absolute atomic E-state index is 12.3. The van der Waals surface area contributed by atoms with Gasteiger partial charge < -0.3 is 10.6 Å². The van der Waals surface area contributed by atoms with Gasteiger partial charge in [-0.2, -0.15) is 0 Å². The molecule has 1 amide bonds. The van der Waals surface area contributed by atoms with Gasteiger partial charge in [0.2, 0.25) is 3.79 Å². The number of carbonyl (C=O) groups is 1. The van der Waals surface area contributed by atoms with E-state index in [1.54, 1.807) is 18.2 Å². The summed E-state index contributed by atoms with van der Waals surface area (Å²) in [5.74, 6) is -0.316. The Morgan fingerprint density at radius 3 is 2.32 bits per heavy atom. The topological polar surface area (TPSA) is 41.1 Å². The van der Waals surface area contributed by atoms with E-state index < -0.39 is 9.96 Å². The lowest BCUT2D eigenvalue weighted by atomic mass is 10.1. The molecule has 0 bridgehead atoms. The zero-order valence-electron chi connectivity index (χ0n) is 11.8. The van der Waals surface area contributed by atoms with E-state index in [2.05, 4.69) is 10.6 Å². The first-order chi connectivity index (χ1) is 10.4. The van der Waals surface area contributed by atoms with E-state index in [0.717, 1.165) is 11.3 Å². The van der Waals surface area contributed by atoms with Crippen molar-refractivity contribution in [1.29, 1.82) is 0 Å². The van der Waals surface area contributed by atoms with Crippen LogP contribution in [0.2, 0.25) is 0 Å². The molecule has 3 nitrogen and oxygen atoms in total. The van der Waals surface area contributed by atoms with Crippen LogP contribution in [0.4, 0.5) is 5.69 Å². The third kappa shape index (κ3) is 4.80. The second-order valence-electron chi connectivity index (χ2n) is 4.83. The predicted octanol–water partition coefficient (Wildman–Crippen LogP) is 4.53. The van der Waals surface area contributed by atoms with Gasteiger partial charge in [-0.1, -0.05) is 70.7 Å². The summed E-state index contributed by atoms with van der Waals surface area (Å²) in [5, 5.41) is 5.71. The van der Waals surface area contributed by atoms with Crippen molar-refractivity contribution in [1.82, 2.24) is 5.32 Å². The number of hydrogen-bond donors (Lipinski definition) is 2. The molecule has 2 N–H and O–H groups in total. The molecule has 0 saturated heterocycles. The molecule has 0 radical (unpaired) electrons. The van der Waals surface area contributed by atoms with Crippen molar-refractivity contribution in [3.8, 4) is 0 Å². The maximum Gasteiger partial charge on any atom is 0.252 e. The van der Waals surface area contributed by atoms with Crippen LogP contribution in [-0.4, -0.2) is 15.9 Å². The molecule has 1 atom stereocenters. The number of aryl methyl sites for hydroxylation is 1. The van der Waals surface area contributed by atoms with Gasteiger partial charge in [-0.25, -0.2) is 0 Å². The number of hydrogen-bond acceptors (Lipinski definition) is 2. The zero-order chi connectivity index (χ0) is 16.2. The minimum Gasteiger partial charge on any atom is -0.362 e. The first kappa shape index (κ1) is 16.9. The quantitative estimate of drug-likeness (QED) is 0.623. The molecule has 6 heteroatoms. The van der Waals surface area contributed by atoms with Crippen molar-refractivity contribution < 1.29 is 4.79 Å². The molecule has 0 aliphatic heterocycles. The average molecular weight is 358 g/mol. The summed E-state index contributed by atoms with van der Waals surface area (Å²) in [5.41, 5.74) is 2.23. The summed E-state index contributed by atoms with van der Waals surface area (Å²) >= 11 is 17.9. The number of para-hydroxylation sites is 1. The standard InChI is InChI=1S/C16H15Cl3N2O/c1-11-6-5-7-12(10-11)14(22)21-15(16(17,18)19)20-13-8-3-2-4-9-13/h2-10,15,20H,1H3,(H,21,22). The third-order valence-electron chi connectivity index (χ3n) is 2.97. The lowest BCUT2D eigenvalue weighted by molar-refractivity contribution is 0.0942. The Balaban J connectivity index is 2.15. The second-order valence-corrected chi connectivity index (χ2v) is 7.20. The molecule has 0 aromatic heterocycles. The van der Waals surface area contributed by atoms with Gasteiger partial charge in [0.15, 0.2) is 0 Å². The van der Waals surface area contributed by atoms with Crippen LogP contribution in [0.3, 0.4) is 0 Å². The predicted molar refractivity (Wildman–Crippen MR) is 92.8 cm³/mol. The largest absolute Gasteiger partial charge is 0.362 e. The van der Waals surface area contributed by atoms with Crippen LogP contribution >= 0.6 is 34.8 Å². The number of carbonyl (C=O) groups excluding carboxylic acids is 1. The number of nitrogens with one attached hydrogen (secondary N) is 2. The smallest absolute Gasteiger partial charge is 0.252 e. The second kappa shape index (κ2) is 7.23. The van der Waals surface area contributed by atoms with Crippen LogP contribution in [0.1, 0.15) is 15.9 Å². The Bertz CT molecular complexity index is 641. The molecule has 0 saturated carbocycles. The fourth-order valence-electron chi connectivity index (χ4n) is 1.90. The van der Waals surface area contributed by atoms with Gasteiger partial charge in [0.1, 0.15) is 6.17 Å². The Morgan fingerprint density at radius 1 is 1.05 bits per heavy atom. The lowest BCUT2D eigenvalue weighted by Crippen LogP contribution is -2.49. The van der Waals surface area contributed by atoms with Gasteiger partial charge in [-0.05, 0) is 31.2 Å². The van der Waals surface area contributed by atoms with Crippen molar-refractivity contribution in [3.63, 3.8) is 0 Å². The zero-order valence-corrected chi connectivity index (χ0v) is 14.1. The van der Waals surface area contributed by atoms with E-state index in [1.165, 1.54) is 0 Å². The molecule has 2 aromatic rings. The molecular formula is C16H15Cl3N2O. The van der Waals surface area contributed by atoms with Gasteiger partial charge in [-0.15, -0.1) is 0 Å². The van der Waals surface area contributed by atoms with Gasteiger partial charge in [-0.3, -0.25) is 4.79 Å². The fraction of sp³-hybridized carbons (Fsp3) is 0.188. The van der Waals surface area contributed by atoms with Gasteiger partial charge in [0, 0.05) is 11.3 Å². The molecule has 0 spiro atoms. The maximum atomic E-state index is 12.3. The van der Waals surface area contributed by atoms with Gasteiger partial charge in [0.25, 0.3) is 5.91 Å². The molecule has 1 unspecified atom stereocenters. The van der Waals surface area contributed by atoms with Crippen molar-refractivity contribution in [2.45, 2.75) is 16.9 Å². The summed E-state index contributed by atoms with van der Waals surface area (Å²) in [6.45, 7) is 1.91. The molecule has 0 aliphatic rings. The summed E-state index contributed by atoms with van der Waals surface area (Å²) in [6, 6.07) is 16.4. The summed E-state index contributed by atoms with van der Waals surface area (Å²) in [4.78, 5) is 12.3. The molecule has 22 heavy (non-hydrogen) atoms. The van der Waals surface area contributed by atoms with Crippen LogP contribution in [0.5, 0.6) is 0 Å². The summed E-state index contributed by atoms with van der Waals surface area (Å²) < 4.78 is -1.70. The number of anilines is 1. The Labute approximate surface area is 144 Å². The highest BCUT2D eigenvalue weighted by atomic mass is 35.6. The van der Waals surface area contributed by atoms with Crippen LogP contribution in [0.25, 0.3) is 0 Å². The van der Waals surface area contributed by atoms with E-state index in [0.29, 0.717) is 5.56 Å². The molecular weight excluding hydrogens is 343 g/mol. The molecule has 0 heterocycles. The molecule has 0 aliphatic carbocycles. The molecule has 0 fully saturated rings. The van der Waals surface area contributed by atoms with Crippen LogP contribution in [-0.2, 0) is 0 Å². The minimum absolute atomic E-state index is 0.316. The van der Waals surface area contributed by atoms with Crippen molar-refractivity contribution in [2.75, 3.05) is 5.32 Å². The van der Waals surface area contributed by atoms with Crippen molar-refractivity contribution in [2.24, 2.45) is 0 Å². The lowest BCUT2D eigenvalue weighted by Gasteiger charge is -2.27. The van der Waals surface area contributed by atoms with Crippen LogP contribution in [0.15, 0.2) is 54.6 Å². The SMILES string of the molecule is Cc1cccc(C(=O)NC(Nc2ccccc2)C(Cl)(Cl)Cl)c1. The Kier molecular flexibility index (Phi) is 5.57. The van der Waals surface area contributed by atoms with Crippen molar-refractivity contribution >= 4 is 46.4 Å². The van der Waals surface area contributed by atoms with E-state index in [9.17, 15) is 4.79 Å². The monoisotopic (exact) mass is 356 g/mol. The highest BCUT2D eigenvalue weighted by molar-refractivity contribution is 6.68. The van der Waals surface area contributed by atoms with Gasteiger partial charge >= 0.3 is 0 Å². The van der Waals surface area contributed by atoms with Crippen LogP contribution in [0, 0.1) is 6.92 Å². The average Bonchev–Trinajstić information content (AvgIpc) is 2.46. The highest BCUT2D eigenvalue weighted by Gasteiger charge is 2.34. The van der Waals surface area contributed by atoms with E-state index in [4.69, 9.17) is 34.8 Å². The van der Waals surface area contributed by atoms with E-state index in [1.807, 2.05) is 43.3 Å². The number of benzene rings is 2. The number of alkyl halides is 3. The summed E-state index contributed by atoms with van der Waals surface area (Å²) in [7, 11) is 0. The summed E-state index contributed by atoms with van der Waals surface area (Å²) in [6.07, 6.45) is -0.868. The van der Waals surface area contributed by atoms with Crippen molar-refractivity contribution in [3.05, 3.63) is 65.7 Å². The number of rotatable bonds is 4.